The Bertz CT molecular complexity index is 792. The summed E-state index contributed by atoms with van der Waals surface area (Å²) in [6.45, 7) is 0. The largest absolute Gasteiger partial charge is 0.433 e. The van der Waals surface area contributed by atoms with Crippen molar-refractivity contribution in [2.24, 2.45) is 0 Å². The highest BCUT2D eigenvalue weighted by atomic mass is 19.4. The van der Waals surface area contributed by atoms with E-state index in [1.54, 1.807) is 24.3 Å². The number of halogens is 3. The van der Waals surface area contributed by atoms with Crippen molar-refractivity contribution >= 4 is 17.5 Å². The third-order valence-corrected chi connectivity index (χ3v) is 4.02. The van der Waals surface area contributed by atoms with Gasteiger partial charge in [-0.25, -0.2) is 4.98 Å². The Kier molecular flexibility index (Phi) is 4.74. The number of hydrogen-bond donors (Lipinski definition) is 2. The van der Waals surface area contributed by atoms with Crippen LogP contribution in [0.1, 0.15) is 36.9 Å². The van der Waals surface area contributed by atoms with E-state index in [0.29, 0.717) is 11.3 Å². The van der Waals surface area contributed by atoms with Crippen molar-refractivity contribution < 1.29 is 13.2 Å². The zero-order valence-electron chi connectivity index (χ0n) is 13.3. The lowest BCUT2D eigenvalue weighted by atomic mass is 10.2. The van der Waals surface area contributed by atoms with E-state index in [2.05, 4.69) is 20.6 Å². The van der Waals surface area contributed by atoms with Crippen LogP contribution >= 0.6 is 0 Å². The zero-order valence-corrected chi connectivity index (χ0v) is 13.3. The van der Waals surface area contributed by atoms with Gasteiger partial charge in [0.15, 0.2) is 5.69 Å². The molecule has 130 valence electrons. The molecule has 2 aromatic rings. The molecule has 0 unspecified atom stereocenters. The molecule has 0 saturated heterocycles. The molecule has 2 N–H and O–H groups in total. The molecule has 1 heterocycles. The number of para-hydroxylation sites is 1. The van der Waals surface area contributed by atoms with Crippen LogP contribution in [-0.2, 0) is 6.18 Å². The van der Waals surface area contributed by atoms with E-state index in [9.17, 15) is 13.2 Å². The smallest absolute Gasteiger partial charge is 0.351 e. The van der Waals surface area contributed by atoms with E-state index < -0.39 is 11.9 Å². The van der Waals surface area contributed by atoms with Gasteiger partial charge in [0.2, 0.25) is 5.95 Å². The molecule has 3 rings (SSSR count). The quantitative estimate of drug-likeness (QED) is 0.854. The number of nitrogens with zero attached hydrogens (tertiary/aromatic N) is 3. The van der Waals surface area contributed by atoms with Crippen molar-refractivity contribution in [3.63, 3.8) is 0 Å². The van der Waals surface area contributed by atoms with Crippen LogP contribution in [0.4, 0.5) is 30.6 Å². The molecule has 0 amide bonds. The Morgan fingerprint density at radius 2 is 1.84 bits per heavy atom. The zero-order chi connectivity index (χ0) is 17.9. The molecule has 0 atom stereocenters. The molecule has 1 aliphatic rings. The topological polar surface area (TPSA) is 73.6 Å². The summed E-state index contributed by atoms with van der Waals surface area (Å²) in [6.07, 6.45) is -0.728. The summed E-state index contributed by atoms with van der Waals surface area (Å²) in [6, 6.07) is 9.47. The first-order valence-corrected chi connectivity index (χ1v) is 7.94. The Morgan fingerprint density at radius 1 is 1.12 bits per heavy atom. The highest BCUT2D eigenvalue weighted by Gasteiger charge is 2.34. The molecule has 25 heavy (non-hydrogen) atoms. The van der Waals surface area contributed by atoms with Crippen molar-refractivity contribution in [3.8, 4) is 6.07 Å². The van der Waals surface area contributed by atoms with Gasteiger partial charge in [0.05, 0.1) is 11.3 Å². The summed E-state index contributed by atoms with van der Waals surface area (Å²) in [5.74, 6) is -0.0656. The lowest BCUT2D eigenvalue weighted by Gasteiger charge is -2.16. The summed E-state index contributed by atoms with van der Waals surface area (Å²) < 4.78 is 39.4. The van der Waals surface area contributed by atoms with E-state index >= 15 is 0 Å². The summed E-state index contributed by atoms with van der Waals surface area (Å²) in [5, 5.41) is 14.9. The first-order valence-electron chi connectivity index (χ1n) is 7.94. The van der Waals surface area contributed by atoms with Gasteiger partial charge in [-0.15, -0.1) is 0 Å². The number of rotatable bonds is 4. The van der Waals surface area contributed by atoms with Crippen LogP contribution in [0.25, 0.3) is 0 Å². The Hall–Kier alpha value is -2.82. The van der Waals surface area contributed by atoms with Crippen molar-refractivity contribution in [2.45, 2.75) is 37.9 Å². The lowest BCUT2D eigenvalue weighted by Crippen LogP contribution is -2.19. The average molecular weight is 347 g/mol. The predicted octanol–water partition coefficient (Wildman–Crippen LogP) is 4.47. The number of benzene rings is 1. The van der Waals surface area contributed by atoms with Crippen LogP contribution in [-0.4, -0.2) is 16.0 Å². The van der Waals surface area contributed by atoms with E-state index in [4.69, 9.17) is 5.26 Å². The van der Waals surface area contributed by atoms with Gasteiger partial charge in [0.1, 0.15) is 11.9 Å². The first kappa shape index (κ1) is 17.0. The highest BCUT2D eigenvalue weighted by Crippen LogP contribution is 2.31. The van der Waals surface area contributed by atoms with Gasteiger partial charge in [-0.1, -0.05) is 25.0 Å². The molecule has 1 aliphatic carbocycles. The molecular formula is C17H16F3N5. The van der Waals surface area contributed by atoms with Crippen molar-refractivity contribution in [3.05, 3.63) is 41.6 Å². The predicted molar refractivity (Wildman–Crippen MR) is 87.4 cm³/mol. The van der Waals surface area contributed by atoms with Gasteiger partial charge in [0, 0.05) is 12.1 Å². The second kappa shape index (κ2) is 6.97. The molecule has 1 aromatic heterocycles. The molecule has 0 spiro atoms. The molecule has 5 nitrogen and oxygen atoms in total. The number of nitrogens with one attached hydrogen (secondary N) is 2. The van der Waals surface area contributed by atoms with Crippen molar-refractivity contribution in [2.75, 3.05) is 10.6 Å². The van der Waals surface area contributed by atoms with Crippen molar-refractivity contribution in [1.82, 2.24) is 9.97 Å². The van der Waals surface area contributed by atoms with E-state index in [1.807, 2.05) is 6.07 Å². The highest BCUT2D eigenvalue weighted by molar-refractivity contribution is 5.65. The number of aromatic nitrogens is 2. The summed E-state index contributed by atoms with van der Waals surface area (Å²) in [4.78, 5) is 7.74. The SMILES string of the molecule is N#Cc1ccccc1Nc1cc(C(F)(F)F)nc(NC2CCCC2)n1. The fourth-order valence-electron chi connectivity index (χ4n) is 2.80. The van der Waals surface area contributed by atoms with E-state index in [-0.39, 0.29) is 17.8 Å². The van der Waals surface area contributed by atoms with Crippen molar-refractivity contribution in [1.29, 1.82) is 5.26 Å². The summed E-state index contributed by atoms with van der Waals surface area (Å²) in [7, 11) is 0. The normalized spacial score (nSPS) is 15.0. The molecule has 0 bridgehead atoms. The maximum absolute atomic E-state index is 13.1. The van der Waals surface area contributed by atoms with Gasteiger partial charge in [-0.3, -0.25) is 0 Å². The fourth-order valence-corrected chi connectivity index (χ4v) is 2.80. The summed E-state index contributed by atoms with van der Waals surface area (Å²) >= 11 is 0. The molecular weight excluding hydrogens is 331 g/mol. The van der Waals surface area contributed by atoms with Gasteiger partial charge in [0.25, 0.3) is 0 Å². The maximum Gasteiger partial charge on any atom is 0.433 e. The van der Waals surface area contributed by atoms with Crippen LogP contribution in [0.5, 0.6) is 0 Å². The van der Waals surface area contributed by atoms with Crippen LogP contribution < -0.4 is 10.6 Å². The minimum atomic E-state index is -4.58. The number of hydrogen-bond acceptors (Lipinski definition) is 5. The average Bonchev–Trinajstić information content (AvgIpc) is 3.07. The van der Waals surface area contributed by atoms with Crippen LogP contribution in [0.2, 0.25) is 0 Å². The Balaban J connectivity index is 1.93. The first-order chi connectivity index (χ1) is 12.0. The van der Waals surface area contributed by atoms with Gasteiger partial charge >= 0.3 is 6.18 Å². The van der Waals surface area contributed by atoms with Gasteiger partial charge in [-0.05, 0) is 25.0 Å². The van der Waals surface area contributed by atoms with E-state index in [1.165, 1.54) is 0 Å². The second-order valence-electron chi connectivity index (χ2n) is 5.87. The van der Waals surface area contributed by atoms with Crippen LogP contribution in [0, 0.1) is 11.3 Å². The lowest BCUT2D eigenvalue weighted by molar-refractivity contribution is -0.141. The Labute approximate surface area is 142 Å². The molecule has 1 fully saturated rings. The molecule has 1 saturated carbocycles. The maximum atomic E-state index is 13.1. The van der Waals surface area contributed by atoms with Gasteiger partial charge < -0.3 is 10.6 Å². The monoisotopic (exact) mass is 347 g/mol. The second-order valence-corrected chi connectivity index (χ2v) is 5.87. The number of alkyl halides is 3. The minimum Gasteiger partial charge on any atom is -0.351 e. The minimum absolute atomic E-state index is 0.00878. The number of anilines is 3. The third-order valence-electron chi connectivity index (χ3n) is 4.02. The van der Waals surface area contributed by atoms with E-state index in [0.717, 1.165) is 31.7 Å². The Morgan fingerprint density at radius 3 is 2.52 bits per heavy atom. The fraction of sp³-hybridized carbons (Fsp3) is 0.353. The van der Waals surface area contributed by atoms with Crippen LogP contribution in [0.15, 0.2) is 30.3 Å². The molecule has 0 radical (unpaired) electrons. The third kappa shape index (κ3) is 4.18. The van der Waals surface area contributed by atoms with Crippen LogP contribution in [0.3, 0.4) is 0 Å². The molecule has 0 aliphatic heterocycles. The summed E-state index contributed by atoms with van der Waals surface area (Å²) in [5.41, 5.74) is -0.316. The standard InChI is InChI=1S/C17H16F3N5/c18-17(19,20)14-9-15(23-13-8-4-1-5-11(13)10-21)25-16(24-14)22-12-6-2-3-7-12/h1,4-5,8-9,12H,2-3,6-7H2,(H2,22,23,24,25). The van der Waals surface area contributed by atoms with Gasteiger partial charge in [-0.2, -0.15) is 23.4 Å². The molecule has 1 aromatic carbocycles. The molecule has 8 heteroatoms. The number of nitriles is 1.